The van der Waals surface area contributed by atoms with Gasteiger partial charge in [0.15, 0.2) is 0 Å². The van der Waals surface area contributed by atoms with Crippen molar-refractivity contribution in [2.45, 2.75) is 58.0 Å². The van der Waals surface area contributed by atoms with Crippen molar-refractivity contribution in [3.63, 3.8) is 0 Å². The first-order valence-electron chi connectivity index (χ1n) is 5.68. The van der Waals surface area contributed by atoms with Gasteiger partial charge in [-0.3, -0.25) is 4.79 Å². The molecule has 0 spiro atoms. The van der Waals surface area contributed by atoms with Crippen molar-refractivity contribution in [2.24, 2.45) is 5.73 Å². The van der Waals surface area contributed by atoms with Gasteiger partial charge in [-0.25, -0.2) is 0 Å². The maximum Gasteiger partial charge on any atom is 0.240 e. The highest BCUT2D eigenvalue weighted by Gasteiger charge is 2.40. The van der Waals surface area contributed by atoms with E-state index in [-0.39, 0.29) is 17.5 Å². The Bertz CT molecular complexity index is 203. The van der Waals surface area contributed by atoms with Crippen molar-refractivity contribution in [1.29, 1.82) is 0 Å². The number of hydrogen-bond acceptors (Lipinski definition) is 2. The molecule has 14 heavy (non-hydrogen) atoms. The molecule has 1 amide bonds. The van der Waals surface area contributed by atoms with E-state index in [0.29, 0.717) is 0 Å². The van der Waals surface area contributed by atoms with Crippen LogP contribution in [-0.4, -0.2) is 28.9 Å². The van der Waals surface area contributed by atoms with Crippen molar-refractivity contribution >= 4 is 5.91 Å². The van der Waals surface area contributed by atoms with E-state index in [9.17, 15) is 4.79 Å². The number of likely N-dealkylation sites (tertiary alicyclic amines) is 1. The molecule has 1 atom stereocenters. The van der Waals surface area contributed by atoms with Crippen LogP contribution in [0.3, 0.4) is 0 Å². The lowest BCUT2D eigenvalue weighted by molar-refractivity contribution is -0.134. The van der Waals surface area contributed by atoms with Crippen molar-refractivity contribution < 1.29 is 4.79 Å². The van der Waals surface area contributed by atoms with Crippen molar-refractivity contribution in [3.05, 3.63) is 0 Å². The number of nitrogens with zero attached hydrogens (tertiary/aromatic N) is 1. The molecule has 1 unspecified atom stereocenters. The lowest BCUT2D eigenvalue weighted by Gasteiger charge is -2.40. The quantitative estimate of drug-likeness (QED) is 0.744. The van der Waals surface area contributed by atoms with Crippen LogP contribution in [0.5, 0.6) is 0 Å². The Morgan fingerprint density at radius 2 is 1.86 bits per heavy atom. The predicted octanol–water partition coefficient (Wildman–Crippen LogP) is 1.51. The summed E-state index contributed by atoms with van der Waals surface area (Å²) < 4.78 is 0. The third kappa shape index (κ3) is 1.65. The minimum absolute atomic E-state index is 0.0607. The Morgan fingerprint density at radius 1 is 1.36 bits per heavy atom. The van der Waals surface area contributed by atoms with Gasteiger partial charge in [-0.05, 0) is 25.7 Å². The van der Waals surface area contributed by atoms with Crippen molar-refractivity contribution in [1.82, 2.24) is 4.90 Å². The van der Waals surface area contributed by atoms with Crippen molar-refractivity contribution in [3.8, 4) is 0 Å². The highest BCUT2D eigenvalue weighted by Crippen LogP contribution is 2.31. The number of carbonyl (C=O) groups is 1. The van der Waals surface area contributed by atoms with E-state index in [1.54, 1.807) is 0 Å². The molecule has 1 aliphatic heterocycles. The van der Waals surface area contributed by atoms with Crippen LogP contribution < -0.4 is 5.73 Å². The predicted molar refractivity (Wildman–Crippen MR) is 57.9 cm³/mol. The summed E-state index contributed by atoms with van der Waals surface area (Å²) in [6.07, 6.45) is 3.90. The number of nitrogens with two attached hydrogens (primary N) is 1. The average Bonchev–Trinajstić information content (AvgIpc) is 2.54. The first-order valence-corrected chi connectivity index (χ1v) is 5.68. The van der Waals surface area contributed by atoms with Crippen LogP contribution in [0.4, 0.5) is 0 Å². The summed E-state index contributed by atoms with van der Waals surface area (Å²) in [6, 6.07) is -0.251. The Labute approximate surface area is 86.6 Å². The molecule has 1 saturated heterocycles. The molecule has 0 aliphatic carbocycles. The lowest BCUT2D eigenvalue weighted by atomic mass is 9.88. The topological polar surface area (TPSA) is 46.3 Å². The summed E-state index contributed by atoms with van der Waals surface area (Å²) in [5.41, 5.74) is 5.80. The summed E-state index contributed by atoms with van der Waals surface area (Å²) >= 11 is 0. The van der Waals surface area contributed by atoms with E-state index in [2.05, 4.69) is 20.8 Å². The van der Waals surface area contributed by atoms with Gasteiger partial charge in [0, 0.05) is 12.1 Å². The Morgan fingerprint density at radius 3 is 2.14 bits per heavy atom. The van der Waals surface area contributed by atoms with Gasteiger partial charge < -0.3 is 10.6 Å². The van der Waals surface area contributed by atoms with Gasteiger partial charge in [0.2, 0.25) is 5.91 Å². The second kappa shape index (κ2) is 4.30. The first kappa shape index (κ1) is 11.5. The fraction of sp³-hybridized carbons (Fsp3) is 0.909. The summed E-state index contributed by atoms with van der Waals surface area (Å²) in [7, 11) is 0. The number of amides is 1. The van der Waals surface area contributed by atoms with E-state index in [1.165, 1.54) is 0 Å². The van der Waals surface area contributed by atoms with Crippen LogP contribution in [0, 0.1) is 0 Å². The third-order valence-electron chi connectivity index (χ3n) is 3.79. The highest BCUT2D eigenvalue weighted by molar-refractivity contribution is 5.84. The molecule has 1 heterocycles. The zero-order valence-corrected chi connectivity index (χ0v) is 9.55. The van der Waals surface area contributed by atoms with Crippen LogP contribution in [0.2, 0.25) is 0 Å². The summed E-state index contributed by atoms with van der Waals surface area (Å²) in [5.74, 6) is 0.149. The van der Waals surface area contributed by atoms with Gasteiger partial charge in [-0.2, -0.15) is 0 Å². The van der Waals surface area contributed by atoms with Gasteiger partial charge in [0.1, 0.15) is 0 Å². The molecule has 3 heteroatoms. The molecular formula is C11H22N2O. The normalized spacial score (nSPS) is 23.3. The fourth-order valence-corrected chi connectivity index (χ4v) is 2.50. The molecule has 0 aromatic carbocycles. The molecule has 1 aliphatic rings. The molecule has 2 N–H and O–H groups in total. The summed E-state index contributed by atoms with van der Waals surface area (Å²) in [6.45, 7) is 7.31. The molecule has 3 nitrogen and oxygen atoms in total. The van der Waals surface area contributed by atoms with Crippen LogP contribution in [-0.2, 0) is 4.79 Å². The van der Waals surface area contributed by atoms with E-state index >= 15 is 0 Å². The van der Waals surface area contributed by atoms with Crippen LogP contribution in [0.25, 0.3) is 0 Å². The van der Waals surface area contributed by atoms with Gasteiger partial charge in [-0.1, -0.05) is 20.8 Å². The fourth-order valence-electron chi connectivity index (χ4n) is 2.50. The zero-order valence-electron chi connectivity index (χ0n) is 9.55. The van der Waals surface area contributed by atoms with Crippen LogP contribution in [0.1, 0.15) is 46.5 Å². The minimum Gasteiger partial charge on any atom is -0.336 e. The van der Waals surface area contributed by atoms with E-state index in [4.69, 9.17) is 5.73 Å². The number of hydrogen-bond donors (Lipinski definition) is 1. The molecule has 1 rings (SSSR count). The molecular weight excluding hydrogens is 176 g/mol. The van der Waals surface area contributed by atoms with Gasteiger partial charge in [0.05, 0.1) is 6.04 Å². The number of rotatable bonds is 4. The Kier molecular flexibility index (Phi) is 3.53. The average molecular weight is 198 g/mol. The number of carbonyl (C=O) groups excluding carboxylic acids is 1. The monoisotopic (exact) mass is 198 g/mol. The minimum atomic E-state index is -0.251. The Hall–Kier alpha value is -0.570. The van der Waals surface area contributed by atoms with Gasteiger partial charge >= 0.3 is 0 Å². The largest absolute Gasteiger partial charge is 0.336 e. The van der Waals surface area contributed by atoms with Crippen LogP contribution >= 0.6 is 0 Å². The van der Waals surface area contributed by atoms with Crippen molar-refractivity contribution in [2.75, 3.05) is 6.54 Å². The zero-order chi connectivity index (χ0) is 10.8. The molecule has 0 bridgehead atoms. The second-order valence-corrected chi connectivity index (χ2v) is 4.17. The molecule has 0 radical (unpaired) electrons. The van der Waals surface area contributed by atoms with Gasteiger partial charge in [0.25, 0.3) is 0 Å². The van der Waals surface area contributed by atoms with E-state index in [1.807, 2.05) is 4.90 Å². The highest BCUT2D eigenvalue weighted by atomic mass is 16.2. The standard InChI is InChI=1S/C11H22N2O/c1-4-11(5-2,6-3)13-8-7-9(12)10(13)14/h9H,4-8,12H2,1-3H3. The molecule has 0 saturated carbocycles. The SMILES string of the molecule is CCC(CC)(CC)N1CCC(N)C1=O. The maximum atomic E-state index is 11.8. The maximum absolute atomic E-state index is 11.8. The van der Waals surface area contributed by atoms with Gasteiger partial charge in [-0.15, -0.1) is 0 Å². The summed E-state index contributed by atoms with van der Waals surface area (Å²) in [4.78, 5) is 13.8. The van der Waals surface area contributed by atoms with E-state index in [0.717, 1.165) is 32.2 Å². The smallest absolute Gasteiger partial charge is 0.240 e. The lowest BCUT2D eigenvalue weighted by Crippen LogP contribution is -2.50. The third-order valence-corrected chi connectivity index (χ3v) is 3.79. The molecule has 0 aromatic heterocycles. The Balaban J connectivity index is 2.84. The molecule has 82 valence electrons. The van der Waals surface area contributed by atoms with Crippen LogP contribution in [0.15, 0.2) is 0 Å². The molecule has 1 fully saturated rings. The van der Waals surface area contributed by atoms with E-state index < -0.39 is 0 Å². The second-order valence-electron chi connectivity index (χ2n) is 4.17. The molecule has 0 aromatic rings. The first-order chi connectivity index (χ1) is 6.61. The summed E-state index contributed by atoms with van der Waals surface area (Å²) in [5, 5.41) is 0.